The van der Waals surface area contributed by atoms with Crippen LogP contribution in [0.1, 0.15) is 17.3 Å². The van der Waals surface area contributed by atoms with Gasteiger partial charge in [0.2, 0.25) is 15.2 Å². The fraction of sp³-hybridized carbons (Fsp3) is 0.444. The molecule has 1 amide bonds. The average molecular weight is 281 g/mol. The maximum Gasteiger partial charge on any atom is 0.256 e. The predicted molar refractivity (Wildman–Crippen MR) is 63.5 cm³/mol. The van der Waals surface area contributed by atoms with Crippen molar-refractivity contribution in [3.05, 3.63) is 23.1 Å². The van der Waals surface area contributed by atoms with Gasteiger partial charge in [-0.1, -0.05) is 6.92 Å². The molecule has 1 aromatic heterocycles. The molecule has 0 spiro atoms. The van der Waals surface area contributed by atoms with Crippen molar-refractivity contribution in [2.75, 3.05) is 18.8 Å². The molecule has 1 rings (SSSR count). The number of hydrogen-bond donors (Lipinski definition) is 2. The van der Waals surface area contributed by atoms with Gasteiger partial charge >= 0.3 is 0 Å². The lowest BCUT2D eigenvalue weighted by Crippen LogP contribution is -2.34. The van der Waals surface area contributed by atoms with Crippen molar-refractivity contribution >= 4 is 27.5 Å². The zero-order chi connectivity index (χ0) is 12.9. The van der Waals surface area contributed by atoms with Gasteiger partial charge in [0.25, 0.3) is 5.91 Å². The van der Waals surface area contributed by atoms with Crippen LogP contribution in [0.2, 0.25) is 5.22 Å². The third-order valence-corrected chi connectivity index (χ3v) is 3.65. The highest BCUT2D eigenvalue weighted by atomic mass is 35.5. The highest BCUT2D eigenvalue weighted by Crippen LogP contribution is 2.15. The molecule has 8 heteroatoms. The Morgan fingerprint density at radius 2 is 2.24 bits per heavy atom. The van der Waals surface area contributed by atoms with Crippen LogP contribution in [0, 0.1) is 0 Å². The van der Waals surface area contributed by atoms with Crippen molar-refractivity contribution in [2.45, 2.75) is 6.92 Å². The summed E-state index contributed by atoms with van der Waals surface area (Å²) in [5.41, 5.74) is 0.188. The Morgan fingerprint density at radius 1 is 1.53 bits per heavy atom. The van der Waals surface area contributed by atoms with Gasteiger partial charge in [0, 0.05) is 13.1 Å². The second-order valence-electron chi connectivity index (χ2n) is 3.18. The molecule has 1 aromatic rings. The summed E-state index contributed by atoms with van der Waals surface area (Å²) >= 11 is 5.60. The SMILES string of the molecule is CCNS(=O)(=O)CCNC(=O)c1ccoc1Cl. The minimum atomic E-state index is -3.33. The topological polar surface area (TPSA) is 88.4 Å². The van der Waals surface area contributed by atoms with Gasteiger partial charge in [0.1, 0.15) is 0 Å². The molecular weight excluding hydrogens is 268 g/mol. The van der Waals surface area contributed by atoms with Crippen molar-refractivity contribution < 1.29 is 17.6 Å². The summed E-state index contributed by atoms with van der Waals surface area (Å²) in [5.74, 6) is -0.641. The van der Waals surface area contributed by atoms with E-state index >= 15 is 0 Å². The van der Waals surface area contributed by atoms with E-state index in [1.807, 2.05) is 0 Å². The molecule has 6 nitrogen and oxygen atoms in total. The fourth-order valence-electron chi connectivity index (χ4n) is 1.14. The number of carbonyl (C=O) groups excluding carboxylic acids is 1. The summed E-state index contributed by atoms with van der Waals surface area (Å²) < 4.78 is 29.6. The lowest BCUT2D eigenvalue weighted by molar-refractivity contribution is 0.0955. The van der Waals surface area contributed by atoms with Crippen LogP contribution < -0.4 is 10.0 Å². The smallest absolute Gasteiger partial charge is 0.256 e. The van der Waals surface area contributed by atoms with E-state index in [1.165, 1.54) is 12.3 Å². The first kappa shape index (κ1) is 14.0. The first-order valence-corrected chi connectivity index (χ1v) is 6.98. The van der Waals surface area contributed by atoms with Crippen molar-refractivity contribution in [1.29, 1.82) is 0 Å². The number of hydrogen-bond acceptors (Lipinski definition) is 4. The van der Waals surface area contributed by atoms with Crippen LogP contribution in [0.25, 0.3) is 0 Å². The van der Waals surface area contributed by atoms with Gasteiger partial charge in [0.05, 0.1) is 17.6 Å². The zero-order valence-corrected chi connectivity index (χ0v) is 10.8. The molecule has 0 aliphatic carbocycles. The van der Waals surface area contributed by atoms with Crippen LogP contribution in [-0.4, -0.2) is 33.2 Å². The molecule has 1 heterocycles. The third-order valence-electron chi connectivity index (χ3n) is 1.88. The molecule has 0 aliphatic rings. The molecule has 0 aliphatic heterocycles. The van der Waals surface area contributed by atoms with Gasteiger partial charge in [-0.3, -0.25) is 4.79 Å². The molecule has 0 unspecified atom stereocenters. The Morgan fingerprint density at radius 3 is 2.76 bits per heavy atom. The van der Waals surface area contributed by atoms with E-state index in [-0.39, 0.29) is 23.1 Å². The summed E-state index contributed by atoms with van der Waals surface area (Å²) in [6.07, 6.45) is 1.28. The summed E-state index contributed by atoms with van der Waals surface area (Å²) in [6, 6.07) is 1.41. The molecule has 0 bridgehead atoms. The summed E-state index contributed by atoms with van der Waals surface area (Å²) in [7, 11) is -3.33. The maximum absolute atomic E-state index is 11.5. The van der Waals surface area contributed by atoms with E-state index in [4.69, 9.17) is 16.0 Å². The van der Waals surface area contributed by atoms with Gasteiger partial charge in [-0.15, -0.1) is 0 Å². The Hall–Kier alpha value is -1.05. The first-order valence-electron chi connectivity index (χ1n) is 4.95. The Kier molecular flexibility index (Phi) is 4.98. The molecule has 0 atom stereocenters. The van der Waals surface area contributed by atoms with Gasteiger partial charge in [-0.25, -0.2) is 13.1 Å². The number of halogens is 1. The van der Waals surface area contributed by atoms with Crippen LogP contribution in [-0.2, 0) is 10.0 Å². The highest BCUT2D eigenvalue weighted by Gasteiger charge is 2.14. The van der Waals surface area contributed by atoms with Crippen LogP contribution in [0.5, 0.6) is 0 Å². The van der Waals surface area contributed by atoms with E-state index < -0.39 is 15.9 Å². The fourth-order valence-corrected chi connectivity index (χ4v) is 2.30. The number of sulfonamides is 1. The first-order chi connectivity index (χ1) is 7.96. The minimum absolute atomic E-state index is 0.00960. The van der Waals surface area contributed by atoms with Gasteiger partial charge in [0.15, 0.2) is 0 Å². The summed E-state index contributed by atoms with van der Waals surface area (Å²) in [6.45, 7) is 2.01. The van der Waals surface area contributed by atoms with Crippen molar-refractivity contribution in [3.63, 3.8) is 0 Å². The number of amides is 1. The van der Waals surface area contributed by atoms with E-state index in [2.05, 4.69) is 10.0 Å². The Balaban J connectivity index is 2.43. The lowest BCUT2D eigenvalue weighted by atomic mass is 10.3. The molecule has 17 heavy (non-hydrogen) atoms. The molecule has 0 aromatic carbocycles. The normalized spacial score (nSPS) is 11.4. The lowest BCUT2D eigenvalue weighted by Gasteiger charge is -2.05. The number of carbonyl (C=O) groups is 1. The third kappa shape index (κ3) is 4.37. The van der Waals surface area contributed by atoms with E-state index in [1.54, 1.807) is 6.92 Å². The number of furan rings is 1. The van der Waals surface area contributed by atoms with Crippen LogP contribution in [0.3, 0.4) is 0 Å². The largest absolute Gasteiger partial charge is 0.452 e. The molecule has 2 N–H and O–H groups in total. The Bertz CT molecular complexity index is 483. The predicted octanol–water partition coefficient (Wildman–Crippen LogP) is 0.602. The standard InChI is InChI=1S/C9H13ClN2O4S/c1-2-12-17(14,15)6-4-11-9(13)7-3-5-16-8(7)10/h3,5,12H,2,4,6H2,1H3,(H,11,13). The van der Waals surface area contributed by atoms with E-state index in [0.717, 1.165) is 0 Å². The molecule has 0 saturated carbocycles. The highest BCUT2D eigenvalue weighted by molar-refractivity contribution is 7.89. The van der Waals surface area contributed by atoms with Gasteiger partial charge in [-0.2, -0.15) is 0 Å². The second kappa shape index (κ2) is 6.04. The molecular formula is C9H13ClN2O4S. The number of rotatable bonds is 6. The Labute approximate surface area is 104 Å². The summed E-state index contributed by atoms with van der Waals surface area (Å²) in [5, 5.41) is 2.42. The second-order valence-corrected chi connectivity index (χ2v) is 5.45. The van der Waals surface area contributed by atoms with Gasteiger partial charge < -0.3 is 9.73 Å². The summed E-state index contributed by atoms with van der Waals surface area (Å²) in [4.78, 5) is 11.5. The zero-order valence-electron chi connectivity index (χ0n) is 9.20. The van der Waals surface area contributed by atoms with Crippen molar-refractivity contribution in [3.8, 4) is 0 Å². The van der Waals surface area contributed by atoms with E-state index in [9.17, 15) is 13.2 Å². The molecule has 96 valence electrons. The average Bonchev–Trinajstić information content (AvgIpc) is 2.63. The quantitative estimate of drug-likeness (QED) is 0.799. The molecule has 0 saturated heterocycles. The van der Waals surface area contributed by atoms with Crippen LogP contribution in [0.15, 0.2) is 16.7 Å². The monoisotopic (exact) mass is 280 g/mol. The van der Waals surface area contributed by atoms with Crippen molar-refractivity contribution in [2.24, 2.45) is 0 Å². The minimum Gasteiger partial charge on any atom is -0.452 e. The van der Waals surface area contributed by atoms with Crippen LogP contribution in [0.4, 0.5) is 0 Å². The number of nitrogens with one attached hydrogen (secondary N) is 2. The molecule has 0 fully saturated rings. The van der Waals surface area contributed by atoms with Crippen LogP contribution >= 0.6 is 11.6 Å². The van der Waals surface area contributed by atoms with Gasteiger partial charge in [-0.05, 0) is 17.7 Å². The van der Waals surface area contributed by atoms with E-state index in [0.29, 0.717) is 6.54 Å². The van der Waals surface area contributed by atoms with Crippen molar-refractivity contribution in [1.82, 2.24) is 10.0 Å². The maximum atomic E-state index is 11.5. The molecule has 0 radical (unpaired) electrons.